The van der Waals surface area contributed by atoms with E-state index >= 15 is 0 Å². The number of fused-ring (bicyclic) bond motifs is 4. The molecule has 60 heavy (non-hydrogen) atoms. The minimum atomic E-state index is 1.10. The minimum Gasteiger partial charge on any atom is -0.310 e. The third kappa shape index (κ3) is 6.73. The van der Waals surface area contributed by atoms with E-state index < -0.39 is 0 Å². The lowest BCUT2D eigenvalue weighted by Gasteiger charge is -2.26. The zero-order chi connectivity index (χ0) is 39.8. The number of thiophene rings is 1. The molecule has 0 aliphatic heterocycles. The molecule has 282 valence electrons. The largest absolute Gasteiger partial charge is 0.310 e. The van der Waals surface area contributed by atoms with E-state index in [0.29, 0.717) is 0 Å². The van der Waals surface area contributed by atoms with Crippen molar-refractivity contribution < 1.29 is 0 Å². The summed E-state index contributed by atoms with van der Waals surface area (Å²) in [7, 11) is 0. The van der Waals surface area contributed by atoms with Gasteiger partial charge in [0.15, 0.2) is 0 Å². The topological polar surface area (TPSA) is 3.24 Å². The van der Waals surface area contributed by atoms with Gasteiger partial charge in [-0.2, -0.15) is 0 Å². The van der Waals surface area contributed by atoms with Crippen molar-refractivity contribution in [3.63, 3.8) is 0 Å². The summed E-state index contributed by atoms with van der Waals surface area (Å²) in [6.07, 6.45) is 0. The van der Waals surface area contributed by atoms with Crippen LogP contribution >= 0.6 is 11.3 Å². The highest BCUT2D eigenvalue weighted by molar-refractivity contribution is 7.26. The minimum absolute atomic E-state index is 1.10. The van der Waals surface area contributed by atoms with E-state index in [1.807, 2.05) is 11.3 Å². The molecule has 11 rings (SSSR count). The molecule has 1 nitrogen and oxygen atoms in total. The van der Waals surface area contributed by atoms with E-state index in [0.717, 1.165) is 17.1 Å². The van der Waals surface area contributed by atoms with Crippen molar-refractivity contribution >= 4 is 59.3 Å². The van der Waals surface area contributed by atoms with Crippen LogP contribution in [0, 0.1) is 0 Å². The SMILES string of the molecule is c1ccc(-c2ccc(-c3ccc(N(c4ccc(-c5ccc6ccccc6c5)cc4)c4cccc(-c5cccc(-c6cccc7c6sc6ccccc67)c5)c4)cc3)cc2)cc1. The molecular weight excluding hydrogens is 743 g/mol. The Labute approximate surface area is 354 Å². The van der Waals surface area contributed by atoms with Gasteiger partial charge in [-0.3, -0.25) is 0 Å². The van der Waals surface area contributed by atoms with Gasteiger partial charge in [-0.25, -0.2) is 0 Å². The van der Waals surface area contributed by atoms with Crippen LogP contribution in [0.2, 0.25) is 0 Å². The standard InChI is InChI=1S/C58H39NS/c1-2-11-40(12-3-1)42-23-25-43(26-24-42)44-29-33-51(34-30-44)59(52-35-31-45(32-36-52)49-28-27-41-13-4-5-14-46(41)37-49)53-18-9-16-48(39-53)47-15-8-17-50(38-47)54-20-10-21-56-55-19-6-7-22-57(55)60-58(54)56/h1-39H. The molecule has 1 aromatic heterocycles. The summed E-state index contributed by atoms with van der Waals surface area (Å²) >= 11 is 1.88. The summed E-state index contributed by atoms with van der Waals surface area (Å²) in [6.45, 7) is 0. The zero-order valence-electron chi connectivity index (χ0n) is 32.9. The first-order valence-corrected chi connectivity index (χ1v) is 21.3. The molecule has 2 heteroatoms. The first-order chi connectivity index (χ1) is 29.7. The summed E-state index contributed by atoms with van der Waals surface area (Å²) < 4.78 is 2.65. The van der Waals surface area contributed by atoms with Gasteiger partial charge in [0, 0.05) is 37.2 Å². The van der Waals surface area contributed by atoms with E-state index in [4.69, 9.17) is 0 Å². The van der Waals surface area contributed by atoms with Gasteiger partial charge >= 0.3 is 0 Å². The Balaban J connectivity index is 0.965. The number of hydrogen-bond donors (Lipinski definition) is 0. The maximum Gasteiger partial charge on any atom is 0.0467 e. The van der Waals surface area contributed by atoms with Crippen LogP contribution in [0.25, 0.3) is 86.6 Å². The third-order valence-electron chi connectivity index (χ3n) is 11.7. The van der Waals surface area contributed by atoms with Crippen molar-refractivity contribution in [3.8, 4) is 55.6 Å². The van der Waals surface area contributed by atoms with Crippen molar-refractivity contribution in [2.75, 3.05) is 4.90 Å². The molecule has 0 bridgehead atoms. The van der Waals surface area contributed by atoms with E-state index in [2.05, 4.69) is 241 Å². The molecule has 0 aliphatic rings. The van der Waals surface area contributed by atoms with E-state index in [1.165, 1.54) is 86.6 Å². The molecule has 0 unspecified atom stereocenters. The number of rotatable bonds is 8. The fourth-order valence-electron chi connectivity index (χ4n) is 8.57. The smallest absolute Gasteiger partial charge is 0.0467 e. The lowest BCUT2D eigenvalue weighted by Crippen LogP contribution is -2.10. The van der Waals surface area contributed by atoms with Gasteiger partial charge in [0.05, 0.1) is 0 Å². The highest BCUT2D eigenvalue weighted by atomic mass is 32.1. The molecule has 0 atom stereocenters. The Hall–Kier alpha value is -7.52. The van der Waals surface area contributed by atoms with Crippen LogP contribution in [0.1, 0.15) is 0 Å². The van der Waals surface area contributed by atoms with Crippen molar-refractivity contribution in [1.82, 2.24) is 0 Å². The van der Waals surface area contributed by atoms with Gasteiger partial charge in [-0.05, 0) is 121 Å². The van der Waals surface area contributed by atoms with Crippen molar-refractivity contribution in [2.24, 2.45) is 0 Å². The maximum atomic E-state index is 2.37. The van der Waals surface area contributed by atoms with Crippen molar-refractivity contribution in [1.29, 1.82) is 0 Å². The third-order valence-corrected chi connectivity index (χ3v) is 12.9. The molecule has 1 heterocycles. The Morgan fingerprint density at radius 2 is 0.750 bits per heavy atom. The van der Waals surface area contributed by atoms with Crippen molar-refractivity contribution in [3.05, 3.63) is 237 Å². The Kier molecular flexibility index (Phi) is 9.11. The van der Waals surface area contributed by atoms with E-state index in [9.17, 15) is 0 Å². The summed E-state index contributed by atoms with van der Waals surface area (Å²) in [6, 6.07) is 86.1. The number of benzene rings is 10. The quantitative estimate of drug-likeness (QED) is 0.148. The molecule has 0 saturated heterocycles. The first kappa shape index (κ1) is 35.6. The second-order valence-corrected chi connectivity index (χ2v) is 16.4. The molecule has 0 radical (unpaired) electrons. The summed E-state index contributed by atoms with van der Waals surface area (Å²) in [4.78, 5) is 2.37. The summed E-state index contributed by atoms with van der Waals surface area (Å²) in [5.74, 6) is 0. The molecule has 10 aromatic carbocycles. The van der Waals surface area contributed by atoms with Crippen LogP contribution in [0.15, 0.2) is 237 Å². The van der Waals surface area contributed by atoms with Crippen LogP contribution in [-0.2, 0) is 0 Å². The Bertz CT molecular complexity index is 3290. The molecule has 0 spiro atoms. The molecule has 0 N–H and O–H groups in total. The second kappa shape index (κ2) is 15.3. The Morgan fingerprint density at radius 3 is 1.48 bits per heavy atom. The van der Waals surface area contributed by atoms with E-state index in [-0.39, 0.29) is 0 Å². The maximum absolute atomic E-state index is 2.37. The molecule has 11 aromatic rings. The molecular formula is C58H39NS. The van der Waals surface area contributed by atoms with Gasteiger partial charge < -0.3 is 4.90 Å². The van der Waals surface area contributed by atoms with Crippen LogP contribution in [0.4, 0.5) is 17.1 Å². The van der Waals surface area contributed by atoms with Crippen molar-refractivity contribution in [2.45, 2.75) is 0 Å². The predicted molar refractivity (Wildman–Crippen MR) is 259 cm³/mol. The van der Waals surface area contributed by atoms with Crippen LogP contribution < -0.4 is 4.90 Å². The summed E-state index contributed by atoms with van der Waals surface area (Å²) in [5, 5.41) is 5.14. The van der Waals surface area contributed by atoms with Gasteiger partial charge in [-0.1, -0.05) is 182 Å². The number of nitrogens with zero attached hydrogens (tertiary/aromatic N) is 1. The highest BCUT2D eigenvalue weighted by Crippen LogP contribution is 2.42. The average molecular weight is 782 g/mol. The number of anilines is 3. The van der Waals surface area contributed by atoms with Gasteiger partial charge in [-0.15, -0.1) is 11.3 Å². The number of hydrogen-bond acceptors (Lipinski definition) is 2. The van der Waals surface area contributed by atoms with Gasteiger partial charge in [0.2, 0.25) is 0 Å². The first-order valence-electron chi connectivity index (χ1n) is 20.5. The second-order valence-electron chi connectivity index (χ2n) is 15.3. The summed E-state index contributed by atoms with van der Waals surface area (Å²) in [5.41, 5.74) is 15.4. The lowest BCUT2D eigenvalue weighted by molar-refractivity contribution is 1.28. The molecule has 0 saturated carbocycles. The van der Waals surface area contributed by atoms with Crippen LogP contribution in [-0.4, -0.2) is 0 Å². The molecule has 0 fully saturated rings. The lowest BCUT2D eigenvalue weighted by atomic mass is 9.97. The molecule has 0 aliphatic carbocycles. The van der Waals surface area contributed by atoms with E-state index in [1.54, 1.807) is 0 Å². The normalized spacial score (nSPS) is 11.3. The zero-order valence-corrected chi connectivity index (χ0v) is 33.7. The van der Waals surface area contributed by atoms with Crippen LogP contribution in [0.3, 0.4) is 0 Å². The van der Waals surface area contributed by atoms with Gasteiger partial charge in [0.25, 0.3) is 0 Å². The fourth-order valence-corrected chi connectivity index (χ4v) is 9.81. The predicted octanol–water partition coefficient (Wildman–Crippen LogP) is 17.0. The average Bonchev–Trinajstić information content (AvgIpc) is 3.72. The van der Waals surface area contributed by atoms with Gasteiger partial charge in [0.1, 0.15) is 0 Å². The monoisotopic (exact) mass is 781 g/mol. The highest BCUT2D eigenvalue weighted by Gasteiger charge is 2.16. The molecule has 0 amide bonds. The fraction of sp³-hybridized carbons (Fsp3) is 0. The Morgan fingerprint density at radius 1 is 0.267 bits per heavy atom. The van der Waals surface area contributed by atoms with Crippen LogP contribution in [0.5, 0.6) is 0 Å².